The summed E-state index contributed by atoms with van der Waals surface area (Å²) in [6.45, 7) is 8.25. The first-order valence-corrected chi connectivity index (χ1v) is 8.02. The maximum Gasteiger partial charge on any atom is 0.0764 e. The van der Waals surface area contributed by atoms with E-state index in [-0.39, 0.29) is 6.10 Å². The monoisotopic (exact) mass is 279 g/mol. The topological polar surface area (TPSA) is 41.3 Å². The van der Waals surface area contributed by atoms with E-state index in [2.05, 4.69) is 36.1 Å². The Bertz CT molecular complexity index is 400. The molecule has 0 spiro atoms. The Labute approximate surface area is 122 Å². The summed E-state index contributed by atoms with van der Waals surface area (Å²) in [7, 11) is 0. The quantitative estimate of drug-likeness (QED) is 0.901. The van der Waals surface area contributed by atoms with Crippen LogP contribution in [0.1, 0.15) is 64.6 Å². The highest BCUT2D eigenvalue weighted by Gasteiger charge is 2.23. The van der Waals surface area contributed by atoms with Crippen LogP contribution in [-0.4, -0.2) is 38.5 Å². The third-order valence-corrected chi connectivity index (χ3v) is 4.17. The second kappa shape index (κ2) is 7.23. The first kappa shape index (κ1) is 15.5. The zero-order valence-electron chi connectivity index (χ0n) is 13.1. The Kier molecular flexibility index (Phi) is 5.61. The molecule has 0 amide bonds. The average molecular weight is 279 g/mol. The molecule has 114 valence electrons. The molecular formula is C16H29N3O. The van der Waals surface area contributed by atoms with Crippen LogP contribution in [0.25, 0.3) is 0 Å². The highest BCUT2D eigenvalue weighted by Crippen LogP contribution is 2.22. The lowest BCUT2D eigenvalue weighted by atomic mass is 10.0. The van der Waals surface area contributed by atoms with Crippen molar-refractivity contribution in [3.8, 4) is 0 Å². The molecule has 1 aliphatic heterocycles. The average Bonchev–Trinajstić information content (AvgIpc) is 2.74. The van der Waals surface area contributed by atoms with Crippen LogP contribution in [0.4, 0.5) is 0 Å². The van der Waals surface area contributed by atoms with E-state index in [0.717, 1.165) is 25.2 Å². The van der Waals surface area contributed by atoms with Crippen molar-refractivity contribution in [1.29, 1.82) is 0 Å². The summed E-state index contributed by atoms with van der Waals surface area (Å²) in [5.74, 6) is 0. The van der Waals surface area contributed by atoms with Gasteiger partial charge in [-0.25, -0.2) is 0 Å². The predicted octanol–water partition coefficient (Wildman–Crippen LogP) is 2.98. The fourth-order valence-corrected chi connectivity index (χ4v) is 3.06. The van der Waals surface area contributed by atoms with Gasteiger partial charge in [-0.3, -0.25) is 9.58 Å². The van der Waals surface area contributed by atoms with Gasteiger partial charge in [0.1, 0.15) is 0 Å². The van der Waals surface area contributed by atoms with Gasteiger partial charge in [0, 0.05) is 24.8 Å². The highest BCUT2D eigenvalue weighted by atomic mass is 16.3. The lowest BCUT2D eigenvalue weighted by Crippen LogP contribution is -2.36. The van der Waals surface area contributed by atoms with E-state index in [9.17, 15) is 5.11 Å². The van der Waals surface area contributed by atoms with Crippen molar-refractivity contribution in [2.75, 3.05) is 6.54 Å². The maximum absolute atomic E-state index is 9.71. The van der Waals surface area contributed by atoms with Crippen LogP contribution in [0.2, 0.25) is 0 Å². The molecule has 2 atom stereocenters. The number of aliphatic hydroxyl groups excluding tert-OH is 1. The number of hydrogen-bond donors (Lipinski definition) is 1. The SMILES string of the molecule is CC(O)CC1CCCCCN1Cc1ccn(C(C)C)n1. The minimum atomic E-state index is -0.214. The van der Waals surface area contributed by atoms with Crippen molar-refractivity contribution >= 4 is 0 Å². The first-order chi connectivity index (χ1) is 9.56. The lowest BCUT2D eigenvalue weighted by Gasteiger charge is -2.30. The van der Waals surface area contributed by atoms with Gasteiger partial charge in [0.15, 0.2) is 0 Å². The number of hydrogen-bond acceptors (Lipinski definition) is 3. The van der Waals surface area contributed by atoms with Crippen molar-refractivity contribution in [2.24, 2.45) is 0 Å². The van der Waals surface area contributed by atoms with Crippen LogP contribution in [0.3, 0.4) is 0 Å². The van der Waals surface area contributed by atoms with E-state index in [1.165, 1.54) is 25.7 Å². The summed E-state index contributed by atoms with van der Waals surface area (Å²) in [5, 5.41) is 14.4. The van der Waals surface area contributed by atoms with E-state index >= 15 is 0 Å². The van der Waals surface area contributed by atoms with Gasteiger partial charge in [0.2, 0.25) is 0 Å². The van der Waals surface area contributed by atoms with E-state index in [1.54, 1.807) is 0 Å². The second-order valence-electron chi connectivity index (χ2n) is 6.44. The first-order valence-electron chi connectivity index (χ1n) is 8.02. The molecule has 0 aromatic carbocycles. The molecule has 0 saturated carbocycles. The molecule has 1 fully saturated rings. The Hall–Kier alpha value is -0.870. The number of rotatable bonds is 5. The molecule has 1 N–H and O–H groups in total. The zero-order chi connectivity index (χ0) is 14.5. The summed E-state index contributed by atoms with van der Waals surface area (Å²) in [6.07, 6.45) is 7.80. The van der Waals surface area contributed by atoms with Crippen molar-refractivity contribution < 1.29 is 5.11 Å². The summed E-state index contributed by atoms with van der Waals surface area (Å²) in [5.41, 5.74) is 1.15. The smallest absolute Gasteiger partial charge is 0.0764 e. The van der Waals surface area contributed by atoms with E-state index in [4.69, 9.17) is 0 Å². The van der Waals surface area contributed by atoms with Gasteiger partial charge in [-0.15, -0.1) is 0 Å². The van der Waals surface area contributed by atoms with Crippen LogP contribution in [-0.2, 0) is 6.54 Å². The van der Waals surface area contributed by atoms with Gasteiger partial charge in [-0.1, -0.05) is 12.8 Å². The lowest BCUT2D eigenvalue weighted by molar-refractivity contribution is 0.107. The Morgan fingerprint density at radius 2 is 2.10 bits per heavy atom. The van der Waals surface area contributed by atoms with Crippen molar-refractivity contribution in [1.82, 2.24) is 14.7 Å². The molecule has 4 heteroatoms. The molecule has 2 heterocycles. The molecule has 20 heavy (non-hydrogen) atoms. The van der Waals surface area contributed by atoms with Crippen molar-refractivity contribution in [2.45, 2.75) is 77.6 Å². The molecular weight excluding hydrogens is 250 g/mol. The largest absolute Gasteiger partial charge is 0.393 e. The molecule has 0 aliphatic carbocycles. The highest BCUT2D eigenvalue weighted by molar-refractivity contribution is 5.00. The number of aromatic nitrogens is 2. The zero-order valence-corrected chi connectivity index (χ0v) is 13.1. The molecule has 2 unspecified atom stereocenters. The van der Waals surface area contributed by atoms with E-state index in [0.29, 0.717) is 12.1 Å². The van der Waals surface area contributed by atoms with E-state index < -0.39 is 0 Å². The number of nitrogens with zero attached hydrogens (tertiary/aromatic N) is 3. The molecule has 1 aromatic rings. The van der Waals surface area contributed by atoms with Gasteiger partial charge >= 0.3 is 0 Å². The minimum Gasteiger partial charge on any atom is -0.393 e. The minimum absolute atomic E-state index is 0.214. The molecule has 1 saturated heterocycles. The van der Waals surface area contributed by atoms with Crippen LogP contribution >= 0.6 is 0 Å². The van der Waals surface area contributed by atoms with Gasteiger partial charge in [0.25, 0.3) is 0 Å². The molecule has 1 aromatic heterocycles. The Balaban J connectivity index is 2.02. The summed E-state index contributed by atoms with van der Waals surface area (Å²) >= 11 is 0. The molecule has 0 bridgehead atoms. The summed E-state index contributed by atoms with van der Waals surface area (Å²) in [6, 6.07) is 3.05. The fraction of sp³-hybridized carbons (Fsp3) is 0.812. The maximum atomic E-state index is 9.71. The van der Waals surface area contributed by atoms with Crippen molar-refractivity contribution in [3.05, 3.63) is 18.0 Å². The normalized spacial score (nSPS) is 22.9. The third kappa shape index (κ3) is 4.32. The predicted molar refractivity (Wildman–Crippen MR) is 81.6 cm³/mol. The van der Waals surface area contributed by atoms with Crippen LogP contribution in [0, 0.1) is 0 Å². The molecule has 0 radical (unpaired) electrons. The van der Waals surface area contributed by atoms with Crippen LogP contribution < -0.4 is 0 Å². The van der Waals surface area contributed by atoms with Gasteiger partial charge in [-0.05, 0) is 52.6 Å². The number of likely N-dealkylation sites (tertiary alicyclic amines) is 1. The standard InChI is InChI=1S/C16H29N3O/c1-13(2)19-10-8-15(17-19)12-18-9-6-4-5-7-16(18)11-14(3)20/h8,10,13-14,16,20H,4-7,9,11-12H2,1-3H3. The summed E-state index contributed by atoms with van der Waals surface area (Å²) in [4.78, 5) is 2.52. The molecule has 1 aliphatic rings. The fourth-order valence-electron chi connectivity index (χ4n) is 3.06. The third-order valence-electron chi connectivity index (χ3n) is 4.17. The van der Waals surface area contributed by atoms with Crippen LogP contribution in [0.5, 0.6) is 0 Å². The van der Waals surface area contributed by atoms with Gasteiger partial charge in [0.05, 0.1) is 11.8 Å². The van der Waals surface area contributed by atoms with Gasteiger partial charge < -0.3 is 5.11 Å². The second-order valence-corrected chi connectivity index (χ2v) is 6.44. The molecule has 2 rings (SSSR count). The Morgan fingerprint density at radius 1 is 1.30 bits per heavy atom. The summed E-state index contributed by atoms with van der Waals surface area (Å²) < 4.78 is 2.02. The van der Waals surface area contributed by atoms with Gasteiger partial charge in [-0.2, -0.15) is 5.10 Å². The van der Waals surface area contributed by atoms with E-state index in [1.807, 2.05) is 11.6 Å². The van der Waals surface area contributed by atoms with Crippen LogP contribution in [0.15, 0.2) is 12.3 Å². The Morgan fingerprint density at radius 3 is 2.75 bits per heavy atom. The number of aliphatic hydroxyl groups is 1. The molecule has 4 nitrogen and oxygen atoms in total. The van der Waals surface area contributed by atoms with Crippen molar-refractivity contribution in [3.63, 3.8) is 0 Å².